The third-order valence-electron chi connectivity index (χ3n) is 6.73. The molecule has 3 N–H and O–H groups in total. The van der Waals surface area contributed by atoms with Crippen LogP contribution in [0.25, 0.3) is 0 Å². The van der Waals surface area contributed by atoms with Gasteiger partial charge in [0.1, 0.15) is 11.6 Å². The maximum absolute atomic E-state index is 13.6. The quantitative estimate of drug-likeness (QED) is 0.314. The van der Waals surface area contributed by atoms with Crippen LogP contribution in [0.4, 0.5) is 14.5 Å². The molecule has 174 valence electrons. The Balaban J connectivity index is 1.46. The van der Waals surface area contributed by atoms with Crippen LogP contribution in [0.3, 0.4) is 0 Å². The topological polar surface area (TPSA) is 48.5 Å². The first-order valence-corrected chi connectivity index (χ1v) is 12.0. The van der Waals surface area contributed by atoms with Crippen molar-refractivity contribution in [3.8, 4) is 0 Å². The van der Waals surface area contributed by atoms with E-state index in [1.54, 1.807) is 0 Å². The van der Waals surface area contributed by atoms with Gasteiger partial charge in [-0.1, -0.05) is 48.9 Å². The second-order valence-corrected chi connectivity index (χ2v) is 9.25. The number of nitrogens with zero attached hydrogens (tertiary/aromatic N) is 1. The fraction of sp³-hybridized carbons (Fsp3) is 0.259. The van der Waals surface area contributed by atoms with Gasteiger partial charge in [0.2, 0.25) is 0 Å². The molecule has 3 aromatic rings. The molecule has 1 saturated carbocycles. The first kappa shape index (κ1) is 22.6. The molecule has 2 aliphatic rings. The average molecular weight is 477 g/mol. The second-order valence-electron chi connectivity index (χ2n) is 8.84. The molecule has 4 nitrogen and oxygen atoms in total. The van der Waals surface area contributed by atoms with Crippen LogP contribution >= 0.6 is 12.2 Å². The van der Waals surface area contributed by atoms with Crippen LogP contribution in [0.5, 0.6) is 0 Å². The molecule has 4 unspecified atom stereocenters. The summed E-state index contributed by atoms with van der Waals surface area (Å²) in [5, 5.41) is 12.2. The Hall–Kier alpha value is -3.16. The lowest BCUT2D eigenvalue weighted by molar-refractivity contribution is 0.232. The first-order valence-electron chi connectivity index (χ1n) is 11.5. The van der Waals surface area contributed by atoms with Gasteiger partial charge in [0, 0.05) is 35.3 Å². The molecule has 1 aliphatic carbocycles. The van der Waals surface area contributed by atoms with Gasteiger partial charge >= 0.3 is 0 Å². The summed E-state index contributed by atoms with van der Waals surface area (Å²) in [5.74, 6) is -0.228. The van der Waals surface area contributed by atoms with Gasteiger partial charge in [0.25, 0.3) is 0 Å². The van der Waals surface area contributed by atoms with Gasteiger partial charge < -0.3 is 10.6 Å². The summed E-state index contributed by atoms with van der Waals surface area (Å²) in [4.78, 5) is 0. The van der Waals surface area contributed by atoms with Crippen molar-refractivity contribution >= 4 is 28.7 Å². The van der Waals surface area contributed by atoms with Gasteiger partial charge in [0.15, 0.2) is 5.11 Å². The van der Waals surface area contributed by atoms with Gasteiger partial charge in [-0.25, -0.2) is 8.78 Å². The van der Waals surface area contributed by atoms with E-state index in [0.717, 1.165) is 41.8 Å². The van der Waals surface area contributed by atoms with Crippen LogP contribution in [0, 0.1) is 23.5 Å². The minimum absolute atomic E-state index is 0.0385. The molecular formula is C27H26F2N4S. The number of hydrogen-bond donors (Lipinski definition) is 3. The van der Waals surface area contributed by atoms with E-state index in [2.05, 4.69) is 16.1 Å². The number of halogens is 2. The van der Waals surface area contributed by atoms with Crippen LogP contribution < -0.4 is 16.1 Å². The normalized spacial score (nSPS) is 23.8. The highest BCUT2D eigenvalue weighted by Crippen LogP contribution is 2.46. The van der Waals surface area contributed by atoms with Gasteiger partial charge in [0.05, 0.1) is 0 Å². The van der Waals surface area contributed by atoms with E-state index in [-0.39, 0.29) is 35.6 Å². The number of rotatable bonds is 4. The molecule has 5 rings (SSSR count). The number of thiocarbonyl (C=S) groups is 1. The lowest BCUT2D eigenvalue weighted by atomic mass is 9.67. The number of anilines is 1. The minimum atomic E-state index is -0.260. The lowest BCUT2D eigenvalue weighted by Crippen LogP contribution is -2.51. The van der Waals surface area contributed by atoms with E-state index < -0.39 is 0 Å². The van der Waals surface area contributed by atoms with Crippen molar-refractivity contribution < 1.29 is 8.78 Å². The van der Waals surface area contributed by atoms with Crippen molar-refractivity contribution in [1.82, 2.24) is 10.7 Å². The van der Waals surface area contributed by atoms with Gasteiger partial charge in [-0.2, -0.15) is 5.10 Å². The largest absolute Gasteiger partial charge is 0.331 e. The molecule has 1 aliphatic heterocycles. The minimum Gasteiger partial charge on any atom is -0.331 e. The molecule has 1 saturated heterocycles. The molecule has 0 amide bonds. The predicted octanol–water partition coefficient (Wildman–Crippen LogP) is 6.11. The molecule has 3 aromatic carbocycles. The first-order chi connectivity index (χ1) is 16.6. The highest BCUT2D eigenvalue weighted by molar-refractivity contribution is 7.80. The zero-order valence-electron chi connectivity index (χ0n) is 18.5. The maximum atomic E-state index is 13.6. The molecule has 0 radical (unpaired) electrons. The van der Waals surface area contributed by atoms with Crippen molar-refractivity contribution in [1.29, 1.82) is 0 Å². The Morgan fingerprint density at radius 3 is 1.85 bits per heavy atom. The molecule has 4 atom stereocenters. The standard InChI is InChI=1S/C27H26F2N4S/c28-19-13-9-17(10-14-19)24-22-7-4-8-23(25(31-24)18-11-15-20(29)16-12-18)26(22)32-33-27(34)30-21-5-2-1-3-6-21/h1-3,5-6,9-16,22-25,31H,4,7-8H2,(H2,30,33,34). The molecule has 0 spiro atoms. The van der Waals surface area contributed by atoms with Gasteiger partial charge in [-0.05, 0) is 72.6 Å². The zero-order valence-corrected chi connectivity index (χ0v) is 19.4. The van der Waals surface area contributed by atoms with Crippen LogP contribution in [-0.4, -0.2) is 10.8 Å². The average Bonchev–Trinajstić information content (AvgIpc) is 2.85. The number of fused-ring (bicyclic) bond motifs is 2. The van der Waals surface area contributed by atoms with E-state index >= 15 is 0 Å². The second kappa shape index (κ2) is 9.99. The summed E-state index contributed by atoms with van der Waals surface area (Å²) in [7, 11) is 0. The Labute approximate surface area is 203 Å². The number of para-hydroxylation sites is 1. The summed E-state index contributed by atoms with van der Waals surface area (Å²) in [5.41, 5.74) is 7.01. The van der Waals surface area contributed by atoms with Crippen molar-refractivity contribution in [2.45, 2.75) is 31.3 Å². The molecule has 1 heterocycles. The van der Waals surface area contributed by atoms with Crippen LogP contribution in [0.2, 0.25) is 0 Å². The van der Waals surface area contributed by atoms with Crippen LogP contribution in [-0.2, 0) is 0 Å². The summed E-state index contributed by atoms with van der Waals surface area (Å²) >= 11 is 5.48. The molecule has 34 heavy (non-hydrogen) atoms. The number of benzene rings is 3. The van der Waals surface area contributed by atoms with E-state index in [1.165, 1.54) is 24.3 Å². The van der Waals surface area contributed by atoms with E-state index in [9.17, 15) is 8.78 Å². The molecule has 2 fully saturated rings. The summed E-state index contributed by atoms with van der Waals surface area (Å²) in [6, 6.07) is 22.9. The Morgan fingerprint density at radius 1 is 0.794 bits per heavy atom. The Morgan fingerprint density at radius 2 is 1.32 bits per heavy atom. The lowest BCUT2D eigenvalue weighted by Gasteiger charge is -2.47. The molecular weight excluding hydrogens is 450 g/mol. The zero-order chi connectivity index (χ0) is 23.5. The highest BCUT2D eigenvalue weighted by Gasteiger charge is 2.45. The SMILES string of the molecule is Fc1ccc(C2NC(c3ccc(F)cc3)C3CCCC2C3=NNC(=S)Nc2ccccc2)cc1. The number of piperidine rings is 1. The van der Waals surface area contributed by atoms with Crippen molar-refractivity contribution in [2.75, 3.05) is 5.32 Å². The predicted molar refractivity (Wildman–Crippen MR) is 135 cm³/mol. The van der Waals surface area contributed by atoms with E-state index in [4.69, 9.17) is 17.3 Å². The monoisotopic (exact) mass is 476 g/mol. The number of hydrazone groups is 1. The van der Waals surface area contributed by atoms with Crippen molar-refractivity contribution in [3.05, 3.63) is 102 Å². The highest BCUT2D eigenvalue weighted by atomic mass is 32.1. The molecule has 7 heteroatoms. The maximum Gasteiger partial charge on any atom is 0.191 e. The fourth-order valence-electron chi connectivity index (χ4n) is 5.19. The van der Waals surface area contributed by atoms with Crippen LogP contribution in [0.1, 0.15) is 42.5 Å². The smallest absolute Gasteiger partial charge is 0.191 e. The van der Waals surface area contributed by atoms with E-state index in [0.29, 0.717) is 5.11 Å². The molecule has 0 aromatic heterocycles. The number of hydrogen-bond acceptors (Lipinski definition) is 3. The fourth-order valence-corrected chi connectivity index (χ4v) is 5.35. The van der Waals surface area contributed by atoms with Gasteiger partial charge in [-0.3, -0.25) is 5.43 Å². The number of nitrogens with one attached hydrogen (secondary N) is 3. The summed E-state index contributed by atoms with van der Waals surface area (Å²) < 4.78 is 27.3. The third kappa shape index (κ3) is 4.86. The summed E-state index contributed by atoms with van der Waals surface area (Å²) in [6.45, 7) is 0. The van der Waals surface area contributed by atoms with E-state index in [1.807, 2.05) is 54.6 Å². The Bertz CT molecular complexity index is 1100. The third-order valence-corrected chi connectivity index (χ3v) is 6.92. The van der Waals surface area contributed by atoms with Gasteiger partial charge in [-0.15, -0.1) is 0 Å². The van der Waals surface area contributed by atoms with Crippen molar-refractivity contribution in [3.63, 3.8) is 0 Å². The summed E-state index contributed by atoms with van der Waals surface area (Å²) in [6.07, 6.45) is 3.01. The van der Waals surface area contributed by atoms with Crippen LogP contribution in [0.15, 0.2) is 84.0 Å². The van der Waals surface area contributed by atoms with Crippen molar-refractivity contribution in [2.24, 2.45) is 16.9 Å². The Kier molecular flexibility index (Phi) is 6.65. The molecule has 2 bridgehead atoms.